The molecule has 6 heteroatoms. The molecule has 5 nitrogen and oxygen atoms in total. The Morgan fingerprint density at radius 2 is 1.91 bits per heavy atom. The highest BCUT2D eigenvalue weighted by atomic mass is 32.2. The van der Waals surface area contributed by atoms with E-state index in [0.29, 0.717) is 12.5 Å². The maximum absolute atomic E-state index is 11.9. The van der Waals surface area contributed by atoms with Crippen LogP contribution in [-0.4, -0.2) is 55.5 Å². The number of likely N-dealkylation sites (tertiary alicyclic amines) is 1. The van der Waals surface area contributed by atoms with E-state index in [4.69, 9.17) is 0 Å². The molecule has 1 saturated heterocycles. The van der Waals surface area contributed by atoms with Crippen LogP contribution in [0.1, 0.15) is 59.3 Å². The van der Waals surface area contributed by atoms with E-state index in [0.717, 1.165) is 64.1 Å². The average molecular weight is 347 g/mol. The molecular weight excluding hydrogens is 312 g/mol. The van der Waals surface area contributed by atoms with Crippen molar-refractivity contribution >= 4 is 10.0 Å². The molecule has 0 aromatic rings. The predicted octanol–water partition coefficient (Wildman–Crippen LogP) is 1.97. The normalized spacial score (nSPS) is 34.0. The Hall–Kier alpha value is -0.170. The van der Waals surface area contributed by atoms with E-state index in [9.17, 15) is 13.5 Å². The Morgan fingerprint density at radius 1 is 1.26 bits per heavy atom. The fourth-order valence-electron chi connectivity index (χ4n) is 3.74. The van der Waals surface area contributed by atoms with E-state index in [1.807, 2.05) is 0 Å². The highest BCUT2D eigenvalue weighted by Gasteiger charge is 2.35. The molecule has 0 spiro atoms. The van der Waals surface area contributed by atoms with Crippen molar-refractivity contribution in [1.29, 1.82) is 0 Å². The third kappa shape index (κ3) is 5.69. The molecule has 0 bridgehead atoms. The molecule has 136 valence electrons. The van der Waals surface area contributed by atoms with Gasteiger partial charge in [0, 0.05) is 19.6 Å². The lowest BCUT2D eigenvalue weighted by atomic mass is 9.79. The molecule has 1 saturated carbocycles. The van der Waals surface area contributed by atoms with Crippen molar-refractivity contribution in [2.45, 2.75) is 70.1 Å². The number of aliphatic hydroxyl groups is 1. The zero-order chi connectivity index (χ0) is 17.1. The van der Waals surface area contributed by atoms with Crippen LogP contribution in [0, 0.1) is 11.8 Å². The van der Waals surface area contributed by atoms with Gasteiger partial charge in [0.25, 0.3) is 0 Å². The van der Waals surface area contributed by atoms with Gasteiger partial charge in [0.2, 0.25) is 10.0 Å². The van der Waals surface area contributed by atoms with Crippen molar-refractivity contribution in [3.63, 3.8) is 0 Å². The van der Waals surface area contributed by atoms with Gasteiger partial charge in [0.05, 0.1) is 10.9 Å². The second kappa shape index (κ2) is 7.81. The zero-order valence-electron chi connectivity index (χ0n) is 14.9. The van der Waals surface area contributed by atoms with Crippen LogP contribution in [0.5, 0.6) is 0 Å². The Balaban J connectivity index is 1.81. The molecule has 0 aromatic carbocycles. The SMILES string of the molecule is CC1CCC(O)(CN2CCC[C@H](CNS(=O)(=O)C(C)C)C2)CC1. The van der Waals surface area contributed by atoms with Gasteiger partial charge in [-0.15, -0.1) is 0 Å². The lowest BCUT2D eigenvalue weighted by molar-refractivity contribution is -0.0421. The molecule has 0 radical (unpaired) electrons. The average Bonchev–Trinajstić information content (AvgIpc) is 2.49. The number of nitrogens with one attached hydrogen (secondary N) is 1. The van der Waals surface area contributed by atoms with Crippen LogP contribution >= 0.6 is 0 Å². The monoisotopic (exact) mass is 346 g/mol. The van der Waals surface area contributed by atoms with E-state index >= 15 is 0 Å². The van der Waals surface area contributed by atoms with Crippen LogP contribution < -0.4 is 4.72 Å². The van der Waals surface area contributed by atoms with Crippen LogP contribution in [0.25, 0.3) is 0 Å². The summed E-state index contributed by atoms with van der Waals surface area (Å²) < 4.78 is 26.5. The number of sulfonamides is 1. The van der Waals surface area contributed by atoms with Gasteiger partial charge in [-0.1, -0.05) is 6.92 Å². The van der Waals surface area contributed by atoms with Gasteiger partial charge >= 0.3 is 0 Å². The van der Waals surface area contributed by atoms with Crippen LogP contribution in [0.3, 0.4) is 0 Å². The fraction of sp³-hybridized carbons (Fsp3) is 1.00. The van der Waals surface area contributed by atoms with Crippen molar-refractivity contribution < 1.29 is 13.5 Å². The summed E-state index contributed by atoms with van der Waals surface area (Å²) in [6.45, 7) is 8.84. The van der Waals surface area contributed by atoms with Gasteiger partial charge in [0.1, 0.15) is 0 Å². The summed E-state index contributed by atoms with van der Waals surface area (Å²) >= 11 is 0. The van der Waals surface area contributed by atoms with Crippen molar-refractivity contribution in [1.82, 2.24) is 9.62 Å². The van der Waals surface area contributed by atoms with Gasteiger partial charge in [0.15, 0.2) is 0 Å². The van der Waals surface area contributed by atoms with Gasteiger partial charge in [-0.3, -0.25) is 0 Å². The number of β-amino-alcohol motifs (C(OH)–C–C–N with tert-alkyl or cyclic N) is 1. The van der Waals surface area contributed by atoms with Crippen LogP contribution in [-0.2, 0) is 10.0 Å². The maximum atomic E-state index is 11.9. The standard InChI is InChI=1S/C17H34N2O3S/c1-14(2)23(21,22)18-11-16-5-4-10-19(12-16)13-17(20)8-6-15(3)7-9-17/h14-16,18,20H,4-13H2,1-3H3/t15?,16-,17?/m1/s1. The molecule has 1 heterocycles. The first-order chi connectivity index (χ1) is 10.7. The van der Waals surface area contributed by atoms with Gasteiger partial charge < -0.3 is 10.0 Å². The molecule has 1 aliphatic carbocycles. The molecule has 2 fully saturated rings. The molecule has 2 aliphatic rings. The second-order valence-corrected chi connectivity index (χ2v) is 10.4. The summed E-state index contributed by atoms with van der Waals surface area (Å²) in [6.07, 6.45) is 6.17. The van der Waals surface area contributed by atoms with Crippen LogP contribution in [0.4, 0.5) is 0 Å². The Morgan fingerprint density at radius 3 is 2.52 bits per heavy atom. The Bertz CT molecular complexity index is 470. The van der Waals surface area contributed by atoms with E-state index in [1.54, 1.807) is 13.8 Å². The first-order valence-corrected chi connectivity index (χ1v) is 10.7. The molecule has 23 heavy (non-hydrogen) atoms. The summed E-state index contributed by atoms with van der Waals surface area (Å²) in [4.78, 5) is 2.34. The van der Waals surface area contributed by atoms with Crippen molar-refractivity contribution in [3.05, 3.63) is 0 Å². The highest BCUT2D eigenvalue weighted by molar-refractivity contribution is 7.90. The minimum Gasteiger partial charge on any atom is -0.389 e. The molecule has 2 N–H and O–H groups in total. The van der Waals surface area contributed by atoms with E-state index in [1.165, 1.54) is 0 Å². The van der Waals surface area contributed by atoms with Crippen molar-refractivity contribution in [2.24, 2.45) is 11.8 Å². The van der Waals surface area contributed by atoms with E-state index in [-0.39, 0.29) is 5.25 Å². The molecule has 0 amide bonds. The quantitative estimate of drug-likeness (QED) is 0.771. The molecule has 0 unspecified atom stereocenters. The maximum Gasteiger partial charge on any atom is 0.213 e. The lowest BCUT2D eigenvalue weighted by Crippen LogP contribution is -2.50. The van der Waals surface area contributed by atoms with E-state index in [2.05, 4.69) is 16.5 Å². The van der Waals surface area contributed by atoms with E-state index < -0.39 is 15.6 Å². The summed E-state index contributed by atoms with van der Waals surface area (Å²) in [5, 5.41) is 10.4. The fourth-order valence-corrected chi connectivity index (χ4v) is 4.54. The Kier molecular flexibility index (Phi) is 6.50. The molecule has 2 rings (SSSR count). The summed E-state index contributed by atoms with van der Waals surface area (Å²) in [5.74, 6) is 1.08. The minimum atomic E-state index is -3.18. The largest absolute Gasteiger partial charge is 0.389 e. The number of piperidine rings is 1. The second-order valence-electron chi connectivity index (χ2n) is 8.09. The molecular formula is C17H34N2O3S. The molecule has 1 atom stereocenters. The number of hydrogen-bond acceptors (Lipinski definition) is 4. The van der Waals surface area contributed by atoms with Crippen LogP contribution in [0.2, 0.25) is 0 Å². The van der Waals surface area contributed by atoms with Gasteiger partial charge in [-0.05, 0) is 70.8 Å². The van der Waals surface area contributed by atoms with Gasteiger partial charge in [-0.2, -0.15) is 0 Å². The first-order valence-electron chi connectivity index (χ1n) is 9.13. The van der Waals surface area contributed by atoms with Gasteiger partial charge in [-0.25, -0.2) is 13.1 Å². The summed E-state index contributed by atoms with van der Waals surface area (Å²) in [7, 11) is -3.18. The Labute approximate surface area is 141 Å². The predicted molar refractivity (Wildman–Crippen MR) is 93.8 cm³/mol. The highest BCUT2D eigenvalue weighted by Crippen LogP contribution is 2.33. The minimum absolute atomic E-state index is 0.350. The zero-order valence-corrected chi connectivity index (χ0v) is 15.7. The third-order valence-corrected chi connectivity index (χ3v) is 7.33. The topological polar surface area (TPSA) is 69.6 Å². The molecule has 0 aromatic heterocycles. The third-order valence-electron chi connectivity index (χ3n) is 5.52. The van der Waals surface area contributed by atoms with Crippen molar-refractivity contribution in [2.75, 3.05) is 26.2 Å². The van der Waals surface area contributed by atoms with Crippen LogP contribution in [0.15, 0.2) is 0 Å². The lowest BCUT2D eigenvalue weighted by Gasteiger charge is -2.41. The summed E-state index contributed by atoms with van der Waals surface area (Å²) in [5.41, 5.74) is -0.536. The number of rotatable bonds is 6. The first kappa shape index (κ1) is 19.2. The molecule has 1 aliphatic heterocycles. The smallest absolute Gasteiger partial charge is 0.213 e. The number of hydrogen-bond donors (Lipinski definition) is 2. The number of nitrogens with zero attached hydrogens (tertiary/aromatic N) is 1. The summed E-state index contributed by atoms with van der Waals surface area (Å²) in [6, 6.07) is 0. The van der Waals surface area contributed by atoms with Crippen molar-refractivity contribution in [3.8, 4) is 0 Å².